The molecule has 0 N–H and O–H groups in total. The van der Waals surface area contributed by atoms with E-state index in [0.29, 0.717) is 0 Å². The number of hydrogen-bond acceptors (Lipinski definition) is 2. The van der Waals surface area contributed by atoms with Crippen molar-refractivity contribution in [2.24, 2.45) is 0 Å². The summed E-state index contributed by atoms with van der Waals surface area (Å²) >= 11 is 0. The number of hydrogen-bond donors (Lipinski definition) is 0. The van der Waals surface area contributed by atoms with Gasteiger partial charge in [-0.05, 0) is 64.4 Å². The third-order valence-corrected chi connectivity index (χ3v) is 5.11. The largest absolute Gasteiger partial charge is 0.544 e. The maximum Gasteiger partial charge on any atom is 0.242 e. The first-order chi connectivity index (χ1) is 10.3. The Morgan fingerprint density at radius 1 is 1.05 bits per heavy atom. The molecule has 0 aliphatic heterocycles. The minimum absolute atomic E-state index is 0.985. The molecule has 0 saturated heterocycles. The summed E-state index contributed by atoms with van der Waals surface area (Å²) in [6, 6.07) is 2.21. The highest BCUT2D eigenvalue weighted by molar-refractivity contribution is 6.70. The molecular weight excluding hydrogens is 288 g/mol. The van der Waals surface area contributed by atoms with E-state index < -0.39 is 8.32 Å². The summed E-state index contributed by atoms with van der Waals surface area (Å²) in [7, 11) is 0.141. The second-order valence-corrected chi connectivity index (χ2v) is 11.8. The number of benzene rings is 1. The molecule has 1 aromatic rings. The minimum Gasteiger partial charge on any atom is -0.544 e. The molecule has 22 heavy (non-hydrogen) atoms. The Morgan fingerprint density at radius 3 is 2.14 bits per heavy atom. The summed E-state index contributed by atoms with van der Waals surface area (Å²) in [6.45, 7) is 13.5. The molecule has 1 aliphatic carbocycles. The van der Waals surface area contributed by atoms with Crippen LogP contribution >= 0.6 is 0 Å². The van der Waals surface area contributed by atoms with Crippen molar-refractivity contribution in [1.82, 2.24) is 0 Å². The first kappa shape index (κ1) is 17.1. The predicted molar refractivity (Wildman–Crippen MR) is 96.7 cm³/mol. The highest BCUT2D eigenvalue weighted by Gasteiger charge is 2.27. The molecule has 0 atom stereocenters. The van der Waals surface area contributed by atoms with Crippen molar-refractivity contribution in [3.05, 3.63) is 33.9 Å². The van der Waals surface area contributed by atoms with Gasteiger partial charge in [0.25, 0.3) is 0 Å². The van der Waals surface area contributed by atoms with Gasteiger partial charge in [0, 0.05) is 11.1 Å². The van der Waals surface area contributed by atoms with E-state index in [0.717, 1.165) is 37.2 Å². The van der Waals surface area contributed by atoms with E-state index in [4.69, 9.17) is 9.16 Å². The van der Waals surface area contributed by atoms with Gasteiger partial charge in [0.1, 0.15) is 11.5 Å². The Hall–Kier alpha value is -1.22. The molecule has 0 amide bonds. The Morgan fingerprint density at radius 2 is 1.64 bits per heavy atom. The van der Waals surface area contributed by atoms with Crippen molar-refractivity contribution >= 4 is 8.32 Å². The number of methoxy groups -OCH3 is 1. The Balaban J connectivity index is 2.63. The molecule has 0 saturated carbocycles. The van der Waals surface area contributed by atoms with E-state index in [9.17, 15) is 0 Å². The monoisotopic (exact) mass is 318 g/mol. The fourth-order valence-corrected chi connectivity index (χ4v) is 3.94. The molecule has 0 unspecified atom stereocenters. The van der Waals surface area contributed by atoms with Crippen LogP contribution in [0.1, 0.15) is 43.9 Å². The Kier molecular flexibility index (Phi) is 5.06. The average Bonchev–Trinajstić information content (AvgIpc) is 2.42. The van der Waals surface area contributed by atoms with Crippen molar-refractivity contribution < 1.29 is 9.16 Å². The molecule has 0 heterocycles. The van der Waals surface area contributed by atoms with Crippen molar-refractivity contribution in [3.63, 3.8) is 0 Å². The minimum atomic E-state index is -1.64. The van der Waals surface area contributed by atoms with Gasteiger partial charge >= 0.3 is 0 Å². The van der Waals surface area contributed by atoms with Gasteiger partial charge < -0.3 is 9.16 Å². The molecule has 1 aromatic carbocycles. The van der Waals surface area contributed by atoms with Crippen molar-refractivity contribution in [3.8, 4) is 11.5 Å². The number of rotatable bonds is 5. The van der Waals surface area contributed by atoms with Crippen molar-refractivity contribution in [2.75, 3.05) is 7.11 Å². The zero-order chi connectivity index (χ0) is 16.5. The van der Waals surface area contributed by atoms with Gasteiger partial charge in [0.05, 0.1) is 7.11 Å². The lowest BCUT2D eigenvalue weighted by molar-refractivity contribution is 0.406. The molecular formula is C19H30O2Si. The Bertz CT molecular complexity index is 594. The van der Waals surface area contributed by atoms with Crippen molar-refractivity contribution in [2.45, 2.75) is 66.1 Å². The van der Waals surface area contributed by atoms with E-state index in [1.165, 1.54) is 27.8 Å². The van der Waals surface area contributed by atoms with E-state index in [1.807, 2.05) is 0 Å². The summed E-state index contributed by atoms with van der Waals surface area (Å²) in [5.41, 5.74) is 6.96. The fourth-order valence-electron chi connectivity index (χ4n) is 3.07. The zero-order valence-electron chi connectivity index (χ0n) is 15.2. The molecule has 2 nitrogen and oxygen atoms in total. The summed E-state index contributed by atoms with van der Waals surface area (Å²) in [4.78, 5) is 0. The molecule has 2 rings (SSSR count). The van der Waals surface area contributed by atoms with E-state index >= 15 is 0 Å². The van der Waals surface area contributed by atoms with Gasteiger partial charge in [0.2, 0.25) is 8.32 Å². The lowest BCUT2D eigenvalue weighted by atomic mass is 9.84. The summed E-state index contributed by atoms with van der Waals surface area (Å²) < 4.78 is 12.2. The number of allylic oxidation sites excluding steroid dienone is 2. The highest BCUT2D eigenvalue weighted by Crippen LogP contribution is 2.42. The van der Waals surface area contributed by atoms with Crippen LogP contribution in [0.4, 0.5) is 0 Å². The van der Waals surface area contributed by atoms with E-state index in [2.05, 4.69) is 46.5 Å². The van der Waals surface area contributed by atoms with Crippen LogP contribution in [0.5, 0.6) is 11.5 Å². The van der Waals surface area contributed by atoms with Gasteiger partial charge in [-0.15, -0.1) is 0 Å². The zero-order valence-corrected chi connectivity index (χ0v) is 16.2. The smallest absolute Gasteiger partial charge is 0.242 e. The Labute approximate surface area is 136 Å². The number of fused-ring (bicyclic) bond motifs is 1. The van der Waals surface area contributed by atoms with Crippen LogP contribution in [0.3, 0.4) is 0 Å². The lowest BCUT2D eigenvalue weighted by Gasteiger charge is -2.30. The van der Waals surface area contributed by atoms with Gasteiger partial charge in [-0.25, -0.2) is 0 Å². The molecule has 3 heteroatoms. The maximum absolute atomic E-state index is 6.53. The van der Waals surface area contributed by atoms with Gasteiger partial charge in [0.15, 0.2) is 0 Å². The third-order valence-electron chi connectivity index (χ3n) is 4.29. The SMILES string of the molecule is CCCc1cc(OC)c2c(c1O[Si](C)(C)C)CC(C)=C(C)C2. The number of aryl methyl sites for hydroxylation is 1. The molecule has 1 aliphatic rings. The fraction of sp³-hybridized carbons (Fsp3) is 0.579. The van der Waals surface area contributed by atoms with Crippen LogP contribution in [-0.4, -0.2) is 15.4 Å². The second-order valence-electron chi connectivity index (χ2n) is 7.40. The van der Waals surface area contributed by atoms with Crippen LogP contribution in [0.2, 0.25) is 19.6 Å². The average molecular weight is 319 g/mol. The van der Waals surface area contributed by atoms with Crippen LogP contribution < -0.4 is 9.16 Å². The number of ether oxygens (including phenoxy) is 1. The third kappa shape index (κ3) is 3.57. The maximum atomic E-state index is 6.53. The topological polar surface area (TPSA) is 18.5 Å². The summed E-state index contributed by atoms with van der Waals surface area (Å²) in [6.07, 6.45) is 4.15. The molecule has 0 spiro atoms. The van der Waals surface area contributed by atoms with E-state index in [1.54, 1.807) is 7.11 Å². The van der Waals surface area contributed by atoms with Crippen LogP contribution in [0, 0.1) is 0 Å². The molecule has 0 aromatic heterocycles. The van der Waals surface area contributed by atoms with Crippen LogP contribution in [-0.2, 0) is 19.3 Å². The second kappa shape index (κ2) is 6.49. The van der Waals surface area contributed by atoms with Crippen molar-refractivity contribution in [1.29, 1.82) is 0 Å². The first-order valence-corrected chi connectivity index (χ1v) is 11.7. The molecule has 0 bridgehead atoms. The molecule has 0 radical (unpaired) electrons. The highest BCUT2D eigenvalue weighted by atomic mass is 28.4. The van der Waals surface area contributed by atoms with Crippen LogP contribution in [0.15, 0.2) is 17.2 Å². The van der Waals surface area contributed by atoms with Gasteiger partial charge in [-0.1, -0.05) is 24.5 Å². The van der Waals surface area contributed by atoms with Gasteiger partial charge in [-0.3, -0.25) is 0 Å². The standard InChI is InChI=1S/C19H30O2Si/c1-8-9-15-12-18(20-4)16-10-13(2)14(3)11-17(16)19(15)21-22(5,6)7/h12H,8-11H2,1-7H3. The molecule has 122 valence electrons. The van der Waals surface area contributed by atoms with Crippen LogP contribution in [0.25, 0.3) is 0 Å². The molecule has 0 fully saturated rings. The van der Waals surface area contributed by atoms with E-state index in [-0.39, 0.29) is 0 Å². The summed E-state index contributed by atoms with van der Waals surface area (Å²) in [5, 5.41) is 0. The lowest BCUT2D eigenvalue weighted by Crippen LogP contribution is -2.31. The predicted octanol–water partition coefficient (Wildman–Crippen LogP) is 5.30. The van der Waals surface area contributed by atoms with Gasteiger partial charge in [-0.2, -0.15) is 0 Å². The normalized spacial score (nSPS) is 14.9. The quantitative estimate of drug-likeness (QED) is 0.542. The first-order valence-electron chi connectivity index (χ1n) is 8.32. The summed E-state index contributed by atoms with van der Waals surface area (Å²) in [5.74, 6) is 2.19.